The number of hydrogen-bond acceptors (Lipinski definition) is 6. The molecule has 0 saturated carbocycles. The zero-order chi connectivity index (χ0) is 23.3. The molecular formula is C23H22N6O3S. The summed E-state index contributed by atoms with van der Waals surface area (Å²) in [6, 6.07) is 16.8. The number of aromatic nitrogens is 3. The lowest BCUT2D eigenvalue weighted by Crippen LogP contribution is -2.25. The average Bonchev–Trinajstić information content (AvgIpc) is 3.32. The van der Waals surface area contributed by atoms with E-state index in [0.29, 0.717) is 18.1 Å². The first-order valence-corrected chi connectivity index (χ1v) is 12.1. The van der Waals surface area contributed by atoms with E-state index >= 15 is 0 Å². The Morgan fingerprint density at radius 2 is 1.88 bits per heavy atom. The molecule has 33 heavy (non-hydrogen) atoms. The lowest BCUT2D eigenvalue weighted by atomic mass is 10.1. The second-order valence-corrected chi connectivity index (χ2v) is 10.00. The molecule has 168 valence electrons. The lowest BCUT2D eigenvalue weighted by molar-refractivity contribution is -0.117. The molecule has 5 rings (SSSR count). The summed E-state index contributed by atoms with van der Waals surface area (Å²) in [5.41, 5.74) is 5.43. The van der Waals surface area contributed by atoms with E-state index < -0.39 is 10.0 Å². The summed E-state index contributed by atoms with van der Waals surface area (Å²) in [5, 5.41) is 7.85. The number of rotatable bonds is 5. The van der Waals surface area contributed by atoms with Crippen molar-refractivity contribution in [1.82, 2.24) is 14.6 Å². The van der Waals surface area contributed by atoms with Gasteiger partial charge in [0.25, 0.3) is 0 Å². The van der Waals surface area contributed by atoms with Gasteiger partial charge < -0.3 is 10.2 Å². The lowest BCUT2D eigenvalue weighted by Gasteiger charge is -2.20. The van der Waals surface area contributed by atoms with Crippen molar-refractivity contribution in [3.05, 3.63) is 66.4 Å². The van der Waals surface area contributed by atoms with Crippen molar-refractivity contribution in [3.63, 3.8) is 0 Å². The third-order valence-corrected chi connectivity index (χ3v) is 7.02. The molecule has 10 heteroatoms. The molecule has 1 N–H and O–H groups in total. The molecule has 0 bridgehead atoms. The van der Waals surface area contributed by atoms with Crippen molar-refractivity contribution in [1.29, 1.82) is 0 Å². The van der Waals surface area contributed by atoms with Gasteiger partial charge in [-0.1, -0.05) is 18.2 Å². The van der Waals surface area contributed by atoms with E-state index in [9.17, 15) is 13.2 Å². The highest BCUT2D eigenvalue weighted by atomic mass is 32.2. The van der Waals surface area contributed by atoms with Crippen LogP contribution in [-0.4, -0.2) is 49.3 Å². The van der Waals surface area contributed by atoms with Crippen molar-refractivity contribution in [2.24, 2.45) is 0 Å². The van der Waals surface area contributed by atoms with Crippen LogP contribution in [0.25, 0.3) is 16.8 Å². The van der Waals surface area contributed by atoms with Crippen LogP contribution in [0, 0.1) is 0 Å². The van der Waals surface area contributed by atoms with Gasteiger partial charge in [-0.05, 0) is 42.0 Å². The van der Waals surface area contributed by atoms with Gasteiger partial charge in [0.2, 0.25) is 21.9 Å². The number of para-hydroxylation sites is 1. The van der Waals surface area contributed by atoms with Crippen LogP contribution < -0.4 is 14.5 Å². The summed E-state index contributed by atoms with van der Waals surface area (Å²) in [6.07, 6.45) is 3.24. The number of sulfonamides is 1. The Bertz CT molecular complexity index is 1510. The summed E-state index contributed by atoms with van der Waals surface area (Å²) < 4.78 is 27.3. The number of amides is 1. The highest BCUT2D eigenvalue weighted by molar-refractivity contribution is 7.92. The minimum Gasteiger partial charge on any atom is -0.323 e. The van der Waals surface area contributed by atoms with Crippen molar-refractivity contribution in [2.75, 3.05) is 34.9 Å². The Morgan fingerprint density at radius 3 is 2.67 bits per heavy atom. The van der Waals surface area contributed by atoms with Crippen LogP contribution in [0.1, 0.15) is 5.56 Å². The number of benzene rings is 2. The Labute approximate surface area is 191 Å². The van der Waals surface area contributed by atoms with Crippen LogP contribution in [0.4, 0.5) is 23.0 Å². The predicted octanol–water partition coefficient (Wildman–Crippen LogP) is 3.05. The van der Waals surface area contributed by atoms with E-state index in [1.165, 1.54) is 17.6 Å². The highest BCUT2D eigenvalue weighted by Crippen LogP contribution is 2.33. The molecule has 0 unspecified atom stereocenters. The summed E-state index contributed by atoms with van der Waals surface area (Å²) >= 11 is 0. The second-order valence-electron chi connectivity index (χ2n) is 7.98. The van der Waals surface area contributed by atoms with Gasteiger partial charge in [-0.3, -0.25) is 9.10 Å². The number of nitrogens with one attached hydrogen (secondary N) is 1. The highest BCUT2D eigenvalue weighted by Gasteiger charge is 2.24. The molecule has 0 aliphatic carbocycles. The predicted molar refractivity (Wildman–Crippen MR) is 129 cm³/mol. The van der Waals surface area contributed by atoms with E-state index in [4.69, 9.17) is 0 Å². The van der Waals surface area contributed by atoms with Gasteiger partial charge in [0.05, 0.1) is 35.8 Å². The molecular weight excluding hydrogens is 440 g/mol. The number of carbonyl (C=O) groups is 1. The molecule has 2 aromatic heterocycles. The number of fused-ring (bicyclic) bond motifs is 2. The minimum atomic E-state index is -3.43. The van der Waals surface area contributed by atoms with Gasteiger partial charge in [-0.25, -0.2) is 17.9 Å². The van der Waals surface area contributed by atoms with Gasteiger partial charge in [-0.2, -0.15) is 0 Å². The number of hydrogen-bond donors (Lipinski definition) is 1. The zero-order valence-corrected chi connectivity index (χ0v) is 19.2. The Hall–Kier alpha value is -3.92. The van der Waals surface area contributed by atoms with E-state index in [1.54, 1.807) is 34.8 Å². The first-order valence-electron chi connectivity index (χ1n) is 10.3. The maximum Gasteiger partial charge on any atom is 0.245 e. The second kappa shape index (κ2) is 7.59. The SMILES string of the molecule is CN1C(=O)Cc2cc(Nc3ncc4ccc(-c5ccccc5N(C)S(C)(=O)=O)n4n3)ccc21. The van der Waals surface area contributed by atoms with Gasteiger partial charge in [-0.15, -0.1) is 5.10 Å². The summed E-state index contributed by atoms with van der Waals surface area (Å²) in [7, 11) is -0.134. The van der Waals surface area contributed by atoms with E-state index in [0.717, 1.165) is 33.7 Å². The van der Waals surface area contributed by atoms with E-state index in [-0.39, 0.29) is 5.91 Å². The fourth-order valence-corrected chi connectivity index (χ4v) is 4.50. The molecule has 9 nitrogen and oxygen atoms in total. The number of anilines is 4. The van der Waals surface area contributed by atoms with E-state index in [1.807, 2.05) is 42.5 Å². The molecule has 3 heterocycles. The third-order valence-electron chi connectivity index (χ3n) is 5.83. The number of nitrogens with zero attached hydrogens (tertiary/aromatic N) is 5. The fraction of sp³-hybridized carbons (Fsp3) is 0.174. The van der Waals surface area contributed by atoms with Crippen LogP contribution in [0.5, 0.6) is 0 Å². The van der Waals surface area contributed by atoms with Crippen LogP contribution in [0.3, 0.4) is 0 Å². The smallest absolute Gasteiger partial charge is 0.245 e. The van der Waals surface area contributed by atoms with Crippen molar-refractivity contribution in [2.45, 2.75) is 6.42 Å². The first kappa shape index (κ1) is 21.0. The molecule has 0 fully saturated rings. The minimum absolute atomic E-state index is 0.0644. The van der Waals surface area contributed by atoms with Crippen LogP contribution in [-0.2, 0) is 21.2 Å². The van der Waals surface area contributed by atoms with Crippen molar-refractivity contribution in [3.8, 4) is 11.3 Å². The average molecular weight is 463 g/mol. The third kappa shape index (κ3) is 3.68. The molecule has 1 aliphatic rings. The van der Waals surface area contributed by atoms with Crippen molar-refractivity contribution < 1.29 is 13.2 Å². The van der Waals surface area contributed by atoms with Gasteiger partial charge in [0.1, 0.15) is 0 Å². The standard InChI is InChI=1S/C23H22N6O3S/c1-27-19-10-8-16(12-15(19)13-22(27)30)25-23-24-14-17-9-11-21(29(17)26-23)18-6-4-5-7-20(18)28(2)33(3,31)32/h4-12,14H,13H2,1-3H3,(H,25,26). The Balaban J connectivity index is 1.53. The molecule has 0 atom stereocenters. The quantitative estimate of drug-likeness (QED) is 0.489. The van der Waals surface area contributed by atoms with E-state index in [2.05, 4.69) is 15.4 Å². The first-order chi connectivity index (χ1) is 15.7. The summed E-state index contributed by atoms with van der Waals surface area (Å²) in [6.45, 7) is 0. The molecule has 1 amide bonds. The fourth-order valence-electron chi connectivity index (χ4n) is 3.98. The molecule has 0 radical (unpaired) electrons. The summed E-state index contributed by atoms with van der Waals surface area (Å²) in [5.74, 6) is 0.445. The molecule has 1 aliphatic heterocycles. The molecule has 4 aromatic rings. The Morgan fingerprint density at radius 1 is 1.09 bits per heavy atom. The maximum atomic E-state index is 12.2. The van der Waals surface area contributed by atoms with Gasteiger partial charge >= 0.3 is 0 Å². The zero-order valence-electron chi connectivity index (χ0n) is 18.3. The largest absolute Gasteiger partial charge is 0.323 e. The van der Waals surface area contributed by atoms with Crippen molar-refractivity contribution >= 4 is 44.5 Å². The molecule has 2 aromatic carbocycles. The topological polar surface area (TPSA) is 99.9 Å². The van der Waals surface area contributed by atoms with Crippen LogP contribution in [0.15, 0.2) is 60.8 Å². The monoisotopic (exact) mass is 462 g/mol. The van der Waals surface area contributed by atoms with Gasteiger partial charge in [0.15, 0.2) is 0 Å². The van der Waals surface area contributed by atoms with Gasteiger partial charge in [0, 0.05) is 31.0 Å². The molecule has 0 saturated heterocycles. The maximum absolute atomic E-state index is 12.2. The number of likely N-dealkylation sites (N-methyl/N-ethyl adjacent to an activating group) is 1. The number of carbonyl (C=O) groups excluding carboxylic acids is 1. The molecule has 0 spiro atoms. The van der Waals surface area contributed by atoms with Crippen LogP contribution in [0.2, 0.25) is 0 Å². The van der Waals surface area contributed by atoms with Crippen LogP contribution >= 0.6 is 0 Å². The normalized spacial score (nSPS) is 13.4. The Kier molecular flexibility index (Phi) is 4.82. The summed E-state index contributed by atoms with van der Waals surface area (Å²) in [4.78, 5) is 18.0.